The minimum atomic E-state index is -0.212. The Kier molecular flexibility index (Phi) is 5.69. The van der Waals surface area contributed by atoms with Gasteiger partial charge in [0.25, 0.3) is 5.91 Å². The molecule has 0 aliphatic rings. The van der Waals surface area contributed by atoms with Crippen molar-refractivity contribution in [2.75, 3.05) is 12.4 Å². The summed E-state index contributed by atoms with van der Waals surface area (Å²) in [7, 11) is 1.58. The normalized spacial score (nSPS) is 10.4. The first-order valence-electron chi connectivity index (χ1n) is 6.61. The molecular weight excluding hydrogens is 354 g/mol. The lowest BCUT2D eigenvalue weighted by atomic mass is 10.2. The van der Waals surface area contributed by atoms with Gasteiger partial charge in [0.15, 0.2) is 0 Å². The number of rotatable bonds is 6. The van der Waals surface area contributed by atoms with Crippen molar-refractivity contribution in [1.29, 1.82) is 0 Å². The number of unbranched alkanes of at least 4 members (excludes halogenated alkanes) is 1. The maximum Gasteiger partial charge on any atom is 0.257 e. The first kappa shape index (κ1) is 15.9. The first-order valence-corrected chi connectivity index (χ1v) is 8.22. The third-order valence-electron chi connectivity index (χ3n) is 2.85. The van der Waals surface area contributed by atoms with E-state index < -0.39 is 0 Å². The van der Waals surface area contributed by atoms with Crippen molar-refractivity contribution < 1.29 is 9.53 Å². The Bertz CT molecular complexity index is 630. The molecule has 0 saturated heterocycles. The number of nitrogens with zero attached hydrogens (tertiary/aromatic N) is 2. The Labute approximate surface area is 135 Å². The number of hydrogen-bond acceptors (Lipinski definition) is 5. The van der Waals surface area contributed by atoms with Crippen LogP contribution >= 0.6 is 27.3 Å². The van der Waals surface area contributed by atoms with Gasteiger partial charge in [0, 0.05) is 12.0 Å². The number of amides is 1. The second-order valence-electron chi connectivity index (χ2n) is 4.41. The molecule has 7 heteroatoms. The predicted octanol–water partition coefficient (Wildman–Crippen LogP) is 3.90. The van der Waals surface area contributed by atoms with Gasteiger partial charge < -0.3 is 4.74 Å². The lowest BCUT2D eigenvalue weighted by molar-refractivity contribution is 0.102. The molecule has 2 aromatic rings. The molecule has 0 spiro atoms. The van der Waals surface area contributed by atoms with E-state index in [4.69, 9.17) is 4.74 Å². The molecule has 0 aliphatic heterocycles. The highest BCUT2D eigenvalue weighted by molar-refractivity contribution is 9.10. The number of hydrogen-bond donors (Lipinski definition) is 1. The van der Waals surface area contributed by atoms with Crippen LogP contribution in [-0.4, -0.2) is 23.2 Å². The van der Waals surface area contributed by atoms with E-state index in [1.54, 1.807) is 25.3 Å². The summed E-state index contributed by atoms with van der Waals surface area (Å²) in [5.74, 6) is 0.473. The van der Waals surface area contributed by atoms with Crippen molar-refractivity contribution in [3.63, 3.8) is 0 Å². The zero-order chi connectivity index (χ0) is 15.2. The lowest BCUT2D eigenvalue weighted by Crippen LogP contribution is -2.11. The molecule has 0 bridgehead atoms. The fourth-order valence-corrected chi connectivity index (χ4v) is 3.03. The van der Waals surface area contributed by atoms with Crippen LogP contribution in [0.5, 0.6) is 5.75 Å². The highest BCUT2D eigenvalue weighted by Gasteiger charge is 2.12. The van der Waals surface area contributed by atoms with Crippen LogP contribution in [0.1, 0.15) is 35.1 Å². The number of anilines is 1. The molecule has 0 saturated carbocycles. The summed E-state index contributed by atoms with van der Waals surface area (Å²) in [4.78, 5) is 12.2. The van der Waals surface area contributed by atoms with Crippen molar-refractivity contribution in [2.24, 2.45) is 0 Å². The van der Waals surface area contributed by atoms with Crippen LogP contribution in [0.3, 0.4) is 0 Å². The molecule has 0 aliphatic carbocycles. The molecule has 1 N–H and O–H groups in total. The molecule has 0 fully saturated rings. The number of aryl methyl sites for hydroxylation is 1. The summed E-state index contributed by atoms with van der Waals surface area (Å²) in [6.45, 7) is 2.13. The number of methoxy groups -OCH3 is 1. The Balaban J connectivity index is 2.03. The smallest absolute Gasteiger partial charge is 0.257 e. The third kappa shape index (κ3) is 4.25. The second kappa shape index (κ2) is 7.51. The van der Waals surface area contributed by atoms with Crippen LogP contribution in [0.2, 0.25) is 0 Å². The van der Waals surface area contributed by atoms with Crippen molar-refractivity contribution in [3.8, 4) is 5.75 Å². The van der Waals surface area contributed by atoms with Crippen LogP contribution in [0, 0.1) is 0 Å². The van der Waals surface area contributed by atoms with Gasteiger partial charge in [-0.2, -0.15) is 0 Å². The topological polar surface area (TPSA) is 64.1 Å². The van der Waals surface area contributed by atoms with Crippen LogP contribution in [0.15, 0.2) is 22.7 Å². The molecule has 1 aromatic heterocycles. The van der Waals surface area contributed by atoms with E-state index in [1.807, 2.05) is 0 Å². The van der Waals surface area contributed by atoms with Crippen LogP contribution < -0.4 is 10.1 Å². The monoisotopic (exact) mass is 369 g/mol. The maximum atomic E-state index is 12.2. The molecule has 1 heterocycles. The van der Waals surface area contributed by atoms with Crippen molar-refractivity contribution >= 4 is 38.3 Å². The Morgan fingerprint density at radius 2 is 2.24 bits per heavy atom. The zero-order valence-corrected chi connectivity index (χ0v) is 14.3. The Morgan fingerprint density at radius 3 is 2.90 bits per heavy atom. The maximum absolute atomic E-state index is 12.2. The number of halogens is 1. The molecule has 0 atom stereocenters. The minimum absolute atomic E-state index is 0.212. The van der Waals surface area contributed by atoms with Crippen molar-refractivity contribution in [1.82, 2.24) is 10.2 Å². The second-order valence-corrected chi connectivity index (χ2v) is 6.32. The standard InChI is InChI=1S/C14H16BrN3O2S/c1-3-4-5-12-17-18-14(21-12)16-13(19)9-6-7-11(20-2)10(15)8-9/h6-8H,3-5H2,1-2H3,(H,16,18,19). The molecule has 2 rings (SSSR count). The lowest BCUT2D eigenvalue weighted by Gasteiger charge is -2.05. The number of carbonyl (C=O) groups is 1. The summed E-state index contributed by atoms with van der Waals surface area (Å²) in [5, 5.41) is 12.3. The van der Waals surface area contributed by atoms with Gasteiger partial charge in [0.05, 0.1) is 11.6 Å². The minimum Gasteiger partial charge on any atom is -0.496 e. The Hall–Kier alpha value is -1.47. The van der Waals surface area contributed by atoms with E-state index >= 15 is 0 Å². The van der Waals surface area contributed by atoms with Gasteiger partial charge in [-0.15, -0.1) is 10.2 Å². The van der Waals surface area contributed by atoms with Crippen LogP contribution in [0.4, 0.5) is 5.13 Å². The van der Waals surface area contributed by atoms with Crippen LogP contribution in [0.25, 0.3) is 0 Å². The largest absolute Gasteiger partial charge is 0.496 e. The molecule has 1 aromatic carbocycles. The summed E-state index contributed by atoms with van der Waals surface area (Å²) >= 11 is 4.78. The van der Waals surface area contributed by atoms with Gasteiger partial charge in [-0.25, -0.2) is 0 Å². The molecule has 5 nitrogen and oxygen atoms in total. The van der Waals surface area contributed by atoms with E-state index in [2.05, 4.69) is 38.4 Å². The van der Waals surface area contributed by atoms with Gasteiger partial charge in [0.1, 0.15) is 10.8 Å². The third-order valence-corrected chi connectivity index (χ3v) is 4.36. The van der Waals surface area contributed by atoms with Crippen molar-refractivity contribution in [3.05, 3.63) is 33.2 Å². The van der Waals surface area contributed by atoms with E-state index in [1.165, 1.54) is 11.3 Å². The SMILES string of the molecule is CCCCc1nnc(NC(=O)c2ccc(OC)c(Br)c2)s1. The number of benzene rings is 1. The molecule has 0 unspecified atom stereocenters. The summed E-state index contributed by atoms with van der Waals surface area (Å²) in [6.07, 6.45) is 3.09. The average Bonchev–Trinajstić information content (AvgIpc) is 2.92. The first-order chi connectivity index (χ1) is 10.1. The summed E-state index contributed by atoms with van der Waals surface area (Å²) < 4.78 is 5.87. The van der Waals surface area contributed by atoms with Gasteiger partial charge in [-0.1, -0.05) is 24.7 Å². The molecule has 0 radical (unpaired) electrons. The van der Waals surface area contributed by atoms with Gasteiger partial charge in [-0.05, 0) is 40.5 Å². The quantitative estimate of drug-likeness (QED) is 0.838. The fraction of sp³-hybridized carbons (Fsp3) is 0.357. The number of ether oxygens (including phenoxy) is 1. The predicted molar refractivity (Wildman–Crippen MR) is 87.2 cm³/mol. The zero-order valence-electron chi connectivity index (χ0n) is 11.9. The van der Waals surface area contributed by atoms with E-state index in [0.29, 0.717) is 16.4 Å². The van der Waals surface area contributed by atoms with E-state index in [-0.39, 0.29) is 5.91 Å². The van der Waals surface area contributed by atoms with Gasteiger partial charge in [-0.3, -0.25) is 10.1 Å². The van der Waals surface area contributed by atoms with E-state index in [0.717, 1.165) is 28.7 Å². The fourth-order valence-electron chi connectivity index (χ4n) is 1.71. The number of aromatic nitrogens is 2. The molecule has 21 heavy (non-hydrogen) atoms. The number of nitrogens with one attached hydrogen (secondary N) is 1. The van der Waals surface area contributed by atoms with Crippen molar-refractivity contribution in [2.45, 2.75) is 26.2 Å². The highest BCUT2D eigenvalue weighted by Crippen LogP contribution is 2.26. The Morgan fingerprint density at radius 1 is 1.43 bits per heavy atom. The molecule has 1 amide bonds. The van der Waals surface area contributed by atoms with Gasteiger partial charge >= 0.3 is 0 Å². The average molecular weight is 370 g/mol. The highest BCUT2D eigenvalue weighted by atomic mass is 79.9. The molecular formula is C14H16BrN3O2S. The molecule has 112 valence electrons. The van der Waals surface area contributed by atoms with Crippen LogP contribution in [-0.2, 0) is 6.42 Å². The summed E-state index contributed by atoms with van der Waals surface area (Å²) in [5.41, 5.74) is 0.535. The number of carbonyl (C=O) groups excluding carboxylic acids is 1. The van der Waals surface area contributed by atoms with E-state index in [9.17, 15) is 4.79 Å². The van der Waals surface area contributed by atoms with Gasteiger partial charge in [0.2, 0.25) is 5.13 Å². The summed E-state index contributed by atoms with van der Waals surface area (Å²) in [6, 6.07) is 5.16.